The van der Waals surface area contributed by atoms with Gasteiger partial charge in [-0.25, -0.2) is 9.18 Å². The lowest BCUT2D eigenvalue weighted by atomic mass is 9.89. The first-order chi connectivity index (χ1) is 13.2. The van der Waals surface area contributed by atoms with Gasteiger partial charge in [-0.3, -0.25) is 0 Å². The monoisotopic (exact) mass is 458 g/mol. The number of benzene rings is 1. The van der Waals surface area contributed by atoms with E-state index in [2.05, 4.69) is 21.2 Å². The van der Waals surface area contributed by atoms with Gasteiger partial charge in [0.1, 0.15) is 5.60 Å². The van der Waals surface area contributed by atoms with Crippen LogP contribution >= 0.6 is 15.9 Å². The fourth-order valence-electron chi connectivity index (χ4n) is 3.24. The van der Waals surface area contributed by atoms with Crippen LogP contribution in [0.5, 0.6) is 0 Å². The maximum absolute atomic E-state index is 14.6. The van der Waals surface area contributed by atoms with Crippen LogP contribution in [0.3, 0.4) is 0 Å². The fraction of sp³-hybridized carbons (Fsp3) is 0.650. The summed E-state index contributed by atoms with van der Waals surface area (Å²) in [4.78, 5) is 13.9. The van der Waals surface area contributed by atoms with Crippen LogP contribution in [-0.4, -0.2) is 50.1 Å². The minimum atomic E-state index is -0.527. The summed E-state index contributed by atoms with van der Waals surface area (Å²) in [5, 5.41) is 2.87. The number of hydrogen-bond acceptors (Lipinski definition) is 5. The number of morpholine rings is 1. The van der Waals surface area contributed by atoms with Crippen LogP contribution in [0.1, 0.15) is 39.2 Å². The van der Waals surface area contributed by atoms with Gasteiger partial charge >= 0.3 is 6.09 Å². The lowest BCUT2D eigenvalue weighted by Crippen LogP contribution is -2.52. The molecular formula is C20H28BrFN2O4. The highest BCUT2D eigenvalue weighted by atomic mass is 79.9. The predicted molar refractivity (Wildman–Crippen MR) is 108 cm³/mol. The molecule has 1 amide bonds. The predicted octanol–water partition coefficient (Wildman–Crippen LogP) is 4.00. The van der Waals surface area contributed by atoms with Crippen molar-refractivity contribution in [2.45, 2.75) is 58.0 Å². The van der Waals surface area contributed by atoms with Crippen molar-refractivity contribution in [3.8, 4) is 0 Å². The Bertz CT molecular complexity index is 704. The third-order valence-corrected chi connectivity index (χ3v) is 5.37. The minimum absolute atomic E-state index is 0.0579. The number of carbonyl (C=O) groups excluding carboxylic acids is 1. The molecule has 0 aromatic heterocycles. The van der Waals surface area contributed by atoms with Crippen LogP contribution in [0.25, 0.3) is 0 Å². The molecule has 0 radical (unpaired) electrons. The molecule has 6 nitrogen and oxygen atoms in total. The van der Waals surface area contributed by atoms with E-state index in [9.17, 15) is 9.18 Å². The van der Waals surface area contributed by atoms with Gasteiger partial charge < -0.3 is 24.4 Å². The van der Waals surface area contributed by atoms with Crippen LogP contribution in [0.4, 0.5) is 14.9 Å². The number of amides is 1. The summed E-state index contributed by atoms with van der Waals surface area (Å²) in [5.41, 5.74) is 0.923. The van der Waals surface area contributed by atoms with Crippen LogP contribution in [0.2, 0.25) is 0 Å². The van der Waals surface area contributed by atoms with Crippen molar-refractivity contribution in [1.29, 1.82) is 0 Å². The number of nitrogens with one attached hydrogen (secondary N) is 1. The van der Waals surface area contributed by atoms with Gasteiger partial charge in [0.25, 0.3) is 0 Å². The molecule has 156 valence electrons. The smallest absolute Gasteiger partial charge is 0.407 e. The van der Waals surface area contributed by atoms with E-state index in [0.717, 1.165) is 18.4 Å². The Morgan fingerprint density at radius 3 is 2.64 bits per heavy atom. The second-order valence-corrected chi connectivity index (χ2v) is 9.04. The van der Waals surface area contributed by atoms with E-state index in [0.29, 0.717) is 43.1 Å². The maximum Gasteiger partial charge on any atom is 0.407 e. The van der Waals surface area contributed by atoms with E-state index < -0.39 is 11.7 Å². The molecule has 0 unspecified atom stereocenters. The number of alkyl carbamates (subject to hydrolysis) is 1. The van der Waals surface area contributed by atoms with E-state index in [-0.39, 0.29) is 18.0 Å². The molecule has 8 heteroatoms. The molecule has 2 atom stereocenters. The highest BCUT2D eigenvalue weighted by Gasteiger charge is 2.34. The molecule has 3 rings (SSSR count). The Hall–Kier alpha value is -1.38. The molecule has 1 aromatic carbocycles. The molecule has 1 heterocycles. The van der Waals surface area contributed by atoms with Gasteiger partial charge in [0, 0.05) is 13.1 Å². The molecule has 1 aliphatic carbocycles. The second kappa shape index (κ2) is 8.97. The molecule has 1 saturated carbocycles. The van der Waals surface area contributed by atoms with Gasteiger partial charge in [-0.05, 0) is 67.2 Å². The van der Waals surface area contributed by atoms with Crippen LogP contribution in [0.15, 0.2) is 16.6 Å². The van der Waals surface area contributed by atoms with Crippen molar-refractivity contribution in [2.75, 3.05) is 31.2 Å². The lowest BCUT2D eigenvalue weighted by molar-refractivity contribution is -0.0391. The van der Waals surface area contributed by atoms with Crippen molar-refractivity contribution in [3.63, 3.8) is 0 Å². The molecular weight excluding hydrogens is 431 g/mol. The number of halogens is 2. The second-order valence-electron chi connectivity index (χ2n) is 8.19. The fourth-order valence-corrected chi connectivity index (χ4v) is 3.74. The van der Waals surface area contributed by atoms with Gasteiger partial charge in [0.2, 0.25) is 0 Å². The SMILES string of the molecule is CC(C)(C)OC(=O)N[C@@H]1CC[C@H]1OCc1cc(Br)c(F)c(N2CCOCC2)c1. The number of nitrogens with zero attached hydrogens (tertiary/aromatic N) is 1. The van der Waals surface area contributed by atoms with E-state index in [1.807, 2.05) is 31.7 Å². The van der Waals surface area contributed by atoms with Crippen LogP contribution in [-0.2, 0) is 20.8 Å². The van der Waals surface area contributed by atoms with Crippen molar-refractivity contribution in [2.24, 2.45) is 0 Å². The Balaban J connectivity index is 1.57. The third kappa shape index (κ3) is 5.58. The minimum Gasteiger partial charge on any atom is -0.444 e. The Labute approximate surface area is 173 Å². The van der Waals surface area contributed by atoms with Gasteiger partial charge in [-0.15, -0.1) is 0 Å². The molecule has 2 aliphatic rings. The molecule has 28 heavy (non-hydrogen) atoms. The zero-order chi connectivity index (χ0) is 20.3. The average Bonchev–Trinajstić information content (AvgIpc) is 2.61. The van der Waals surface area contributed by atoms with E-state index >= 15 is 0 Å². The molecule has 1 aromatic rings. The summed E-state index contributed by atoms with van der Waals surface area (Å²) >= 11 is 3.31. The van der Waals surface area contributed by atoms with Crippen molar-refractivity contribution in [3.05, 3.63) is 28.0 Å². The van der Waals surface area contributed by atoms with E-state index in [4.69, 9.17) is 14.2 Å². The Morgan fingerprint density at radius 1 is 1.32 bits per heavy atom. The highest BCUT2D eigenvalue weighted by molar-refractivity contribution is 9.10. The highest BCUT2D eigenvalue weighted by Crippen LogP contribution is 2.31. The first-order valence-electron chi connectivity index (χ1n) is 9.64. The molecule has 2 fully saturated rings. The average molecular weight is 459 g/mol. The van der Waals surface area contributed by atoms with Crippen molar-refractivity contribution in [1.82, 2.24) is 5.32 Å². The first-order valence-corrected chi connectivity index (χ1v) is 10.4. The zero-order valence-corrected chi connectivity index (χ0v) is 18.2. The lowest BCUT2D eigenvalue weighted by Gasteiger charge is -2.37. The molecule has 1 saturated heterocycles. The number of rotatable bonds is 5. The van der Waals surface area contributed by atoms with Gasteiger partial charge in [-0.1, -0.05) is 0 Å². The summed E-state index contributed by atoms with van der Waals surface area (Å²) in [7, 11) is 0. The van der Waals surface area contributed by atoms with Crippen LogP contribution < -0.4 is 10.2 Å². The Morgan fingerprint density at radius 2 is 2.04 bits per heavy atom. The van der Waals surface area contributed by atoms with Crippen LogP contribution in [0, 0.1) is 5.82 Å². The summed E-state index contributed by atoms with van der Waals surface area (Å²) in [6.07, 6.45) is 1.24. The van der Waals surface area contributed by atoms with E-state index in [1.54, 1.807) is 6.07 Å². The van der Waals surface area contributed by atoms with Gasteiger partial charge in [-0.2, -0.15) is 0 Å². The van der Waals surface area contributed by atoms with Crippen molar-refractivity contribution >= 4 is 27.7 Å². The molecule has 0 spiro atoms. The number of carbonyl (C=O) groups is 1. The topological polar surface area (TPSA) is 60.0 Å². The summed E-state index contributed by atoms with van der Waals surface area (Å²) in [5.74, 6) is -0.265. The number of ether oxygens (including phenoxy) is 3. The Kier molecular flexibility index (Phi) is 6.83. The summed E-state index contributed by atoms with van der Waals surface area (Å²) in [6, 6.07) is 3.52. The van der Waals surface area contributed by atoms with E-state index in [1.165, 1.54) is 0 Å². The third-order valence-electron chi connectivity index (χ3n) is 4.80. The zero-order valence-electron chi connectivity index (χ0n) is 16.6. The maximum atomic E-state index is 14.6. The standard InChI is InChI=1S/C20H28BrFN2O4/c1-20(2,3)28-19(25)23-15-4-5-17(15)27-12-13-10-14(21)18(22)16(11-13)24-6-8-26-9-7-24/h10-11,15,17H,4-9,12H2,1-3H3,(H,23,25)/t15-,17-/m1/s1. The summed E-state index contributed by atoms with van der Waals surface area (Å²) < 4.78 is 31.6. The first kappa shape index (κ1) is 21.3. The molecule has 0 bridgehead atoms. The quantitative estimate of drug-likeness (QED) is 0.722. The number of hydrogen-bond donors (Lipinski definition) is 1. The summed E-state index contributed by atoms with van der Waals surface area (Å²) in [6.45, 7) is 8.37. The van der Waals surface area contributed by atoms with Gasteiger partial charge in [0.05, 0.1) is 42.1 Å². The molecule has 1 aliphatic heterocycles. The molecule has 1 N–H and O–H groups in total. The largest absolute Gasteiger partial charge is 0.444 e. The number of anilines is 1. The normalized spacial score (nSPS) is 22.5. The van der Waals surface area contributed by atoms with Gasteiger partial charge in [0.15, 0.2) is 5.82 Å². The van der Waals surface area contributed by atoms with Crippen molar-refractivity contribution < 1.29 is 23.4 Å².